The van der Waals surface area contributed by atoms with Crippen molar-refractivity contribution in [2.45, 2.75) is 38.8 Å². The first-order chi connectivity index (χ1) is 6.54. The fraction of sp³-hybridized carbons (Fsp3) is 0.900. The van der Waals surface area contributed by atoms with Crippen molar-refractivity contribution < 1.29 is 9.63 Å². The molecule has 1 amide bonds. The molecule has 0 aromatic rings. The first-order valence-electron chi connectivity index (χ1n) is 5.12. The molecule has 1 aliphatic rings. The summed E-state index contributed by atoms with van der Waals surface area (Å²) in [5, 5.41) is 4.74. The highest BCUT2D eigenvalue weighted by molar-refractivity contribution is 5.77. The van der Waals surface area contributed by atoms with Gasteiger partial charge in [0.2, 0.25) is 5.91 Å². The Hall–Kier alpha value is -0.610. The Morgan fingerprint density at radius 2 is 1.86 bits per heavy atom. The van der Waals surface area contributed by atoms with Gasteiger partial charge in [0.25, 0.3) is 0 Å². The molecule has 0 aromatic carbocycles. The highest BCUT2D eigenvalue weighted by atomic mass is 16.7. The topological polar surface area (TPSA) is 41.6 Å². The van der Waals surface area contributed by atoms with Crippen molar-refractivity contribution in [1.29, 1.82) is 0 Å². The van der Waals surface area contributed by atoms with Crippen LogP contribution in [0.5, 0.6) is 0 Å². The summed E-state index contributed by atoms with van der Waals surface area (Å²) in [5.74, 6) is 0.193. The Bertz CT molecular complexity index is 198. The molecular formula is C10H20N2O2. The van der Waals surface area contributed by atoms with Crippen molar-refractivity contribution >= 4 is 5.91 Å². The zero-order chi connectivity index (χ0) is 10.7. The third kappa shape index (κ3) is 2.69. The zero-order valence-electron chi connectivity index (χ0n) is 9.41. The molecule has 2 atom stereocenters. The number of rotatable bonds is 2. The van der Waals surface area contributed by atoms with E-state index in [9.17, 15) is 4.79 Å². The van der Waals surface area contributed by atoms with Crippen LogP contribution in [0.4, 0.5) is 0 Å². The monoisotopic (exact) mass is 200 g/mol. The van der Waals surface area contributed by atoms with E-state index in [-0.39, 0.29) is 11.8 Å². The van der Waals surface area contributed by atoms with Crippen molar-refractivity contribution in [2.24, 2.45) is 5.92 Å². The van der Waals surface area contributed by atoms with Crippen LogP contribution < -0.4 is 5.32 Å². The number of amides is 1. The number of hydroxylamine groups is 2. The van der Waals surface area contributed by atoms with E-state index in [1.165, 1.54) is 12.2 Å². The summed E-state index contributed by atoms with van der Waals surface area (Å²) in [6, 6.07) is 0.830. The predicted molar refractivity (Wildman–Crippen MR) is 54.6 cm³/mol. The minimum Gasteiger partial charge on any atom is -0.312 e. The molecule has 0 radical (unpaired) electrons. The fourth-order valence-electron chi connectivity index (χ4n) is 2.12. The van der Waals surface area contributed by atoms with Gasteiger partial charge in [0.05, 0.1) is 7.11 Å². The van der Waals surface area contributed by atoms with Gasteiger partial charge in [-0.3, -0.25) is 9.63 Å². The number of carbonyl (C=O) groups excluding carboxylic acids is 1. The van der Waals surface area contributed by atoms with E-state index < -0.39 is 0 Å². The van der Waals surface area contributed by atoms with Crippen LogP contribution >= 0.6 is 0 Å². The van der Waals surface area contributed by atoms with Crippen molar-refractivity contribution in [1.82, 2.24) is 10.4 Å². The lowest BCUT2D eigenvalue weighted by molar-refractivity contribution is -0.174. The Morgan fingerprint density at radius 3 is 2.29 bits per heavy atom. The van der Waals surface area contributed by atoms with E-state index in [2.05, 4.69) is 19.2 Å². The molecule has 1 heterocycles. The summed E-state index contributed by atoms with van der Waals surface area (Å²) >= 11 is 0. The van der Waals surface area contributed by atoms with Crippen LogP contribution in [0.2, 0.25) is 0 Å². The molecule has 4 nitrogen and oxygen atoms in total. The number of piperidine rings is 1. The van der Waals surface area contributed by atoms with Gasteiger partial charge in [-0.05, 0) is 26.7 Å². The molecule has 1 aliphatic heterocycles. The SMILES string of the molecule is CON(C)C(=O)C1C[C@H](C)N[C@@H](C)C1. The van der Waals surface area contributed by atoms with Gasteiger partial charge < -0.3 is 5.32 Å². The van der Waals surface area contributed by atoms with E-state index in [0.717, 1.165) is 12.8 Å². The van der Waals surface area contributed by atoms with Crippen LogP contribution in [0.15, 0.2) is 0 Å². The predicted octanol–water partition coefficient (Wildman–Crippen LogP) is 0.783. The van der Waals surface area contributed by atoms with Crippen LogP contribution in [0.3, 0.4) is 0 Å². The third-order valence-electron chi connectivity index (χ3n) is 2.78. The van der Waals surface area contributed by atoms with E-state index in [0.29, 0.717) is 12.1 Å². The van der Waals surface area contributed by atoms with E-state index in [1.807, 2.05) is 0 Å². The summed E-state index contributed by atoms with van der Waals surface area (Å²) in [4.78, 5) is 16.7. The molecule has 0 bridgehead atoms. The highest BCUT2D eigenvalue weighted by Gasteiger charge is 2.30. The quantitative estimate of drug-likeness (QED) is 0.670. The van der Waals surface area contributed by atoms with Crippen LogP contribution in [0, 0.1) is 5.92 Å². The summed E-state index contributed by atoms with van der Waals surface area (Å²) < 4.78 is 0. The van der Waals surface area contributed by atoms with Crippen LogP contribution in [-0.4, -0.2) is 37.2 Å². The van der Waals surface area contributed by atoms with Gasteiger partial charge in [0, 0.05) is 25.0 Å². The first kappa shape index (κ1) is 11.5. The van der Waals surface area contributed by atoms with Crippen molar-refractivity contribution in [3.8, 4) is 0 Å². The van der Waals surface area contributed by atoms with Gasteiger partial charge >= 0.3 is 0 Å². The van der Waals surface area contributed by atoms with E-state index >= 15 is 0 Å². The number of carbonyl (C=O) groups is 1. The molecule has 0 unspecified atom stereocenters. The number of nitrogens with zero attached hydrogens (tertiary/aromatic N) is 1. The number of hydrogen-bond donors (Lipinski definition) is 1. The summed E-state index contributed by atoms with van der Waals surface area (Å²) in [7, 11) is 3.19. The van der Waals surface area contributed by atoms with Crippen molar-refractivity contribution in [3.05, 3.63) is 0 Å². The second-order valence-corrected chi connectivity index (χ2v) is 4.16. The van der Waals surface area contributed by atoms with Gasteiger partial charge in [0.15, 0.2) is 0 Å². The van der Waals surface area contributed by atoms with Crippen LogP contribution in [0.1, 0.15) is 26.7 Å². The molecule has 1 fully saturated rings. The Morgan fingerprint density at radius 1 is 1.36 bits per heavy atom. The lowest BCUT2D eigenvalue weighted by Gasteiger charge is -2.33. The smallest absolute Gasteiger partial charge is 0.249 e. The standard InChI is InChI=1S/C10H20N2O2/c1-7-5-9(6-8(2)11-7)10(13)12(3)14-4/h7-9,11H,5-6H2,1-4H3/t7-,8-/m0/s1. The maximum absolute atomic E-state index is 11.8. The Balaban J connectivity index is 2.54. The molecule has 0 saturated carbocycles. The van der Waals surface area contributed by atoms with Gasteiger partial charge in [0.1, 0.15) is 0 Å². The van der Waals surface area contributed by atoms with Crippen molar-refractivity contribution in [3.63, 3.8) is 0 Å². The molecule has 14 heavy (non-hydrogen) atoms. The molecule has 0 spiro atoms. The number of nitrogens with one attached hydrogen (secondary N) is 1. The van der Waals surface area contributed by atoms with Gasteiger partial charge in [-0.2, -0.15) is 0 Å². The zero-order valence-corrected chi connectivity index (χ0v) is 9.41. The first-order valence-corrected chi connectivity index (χ1v) is 5.12. The van der Waals surface area contributed by atoms with E-state index in [4.69, 9.17) is 4.84 Å². The minimum atomic E-state index is 0.0905. The van der Waals surface area contributed by atoms with Crippen LogP contribution in [0.25, 0.3) is 0 Å². The molecule has 1 N–H and O–H groups in total. The maximum atomic E-state index is 11.8. The molecule has 1 rings (SSSR count). The van der Waals surface area contributed by atoms with Crippen LogP contribution in [-0.2, 0) is 9.63 Å². The lowest BCUT2D eigenvalue weighted by atomic mass is 9.88. The van der Waals surface area contributed by atoms with Gasteiger partial charge in [-0.1, -0.05) is 0 Å². The average Bonchev–Trinajstić information content (AvgIpc) is 2.14. The van der Waals surface area contributed by atoms with E-state index in [1.54, 1.807) is 7.05 Å². The fourth-order valence-corrected chi connectivity index (χ4v) is 2.12. The molecule has 4 heteroatoms. The molecular weight excluding hydrogens is 180 g/mol. The molecule has 82 valence electrons. The largest absolute Gasteiger partial charge is 0.312 e. The number of hydrogen-bond acceptors (Lipinski definition) is 3. The van der Waals surface area contributed by atoms with Gasteiger partial charge in [-0.25, -0.2) is 5.06 Å². The minimum absolute atomic E-state index is 0.0905. The average molecular weight is 200 g/mol. The maximum Gasteiger partial charge on any atom is 0.249 e. The Labute approximate surface area is 85.6 Å². The highest BCUT2D eigenvalue weighted by Crippen LogP contribution is 2.21. The lowest BCUT2D eigenvalue weighted by Crippen LogP contribution is -2.47. The molecule has 1 saturated heterocycles. The van der Waals surface area contributed by atoms with Crippen molar-refractivity contribution in [2.75, 3.05) is 14.2 Å². The summed E-state index contributed by atoms with van der Waals surface area (Å²) in [6.07, 6.45) is 1.80. The molecule has 0 aliphatic carbocycles. The van der Waals surface area contributed by atoms with Gasteiger partial charge in [-0.15, -0.1) is 0 Å². The molecule has 0 aromatic heterocycles. The Kier molecular flexibility index (Phi) is 3.89. The third-order valence-corrected chi connectivity index (χ3v) is 2.78. The second-order valence-electron chi connectivity index (χ2n) is 4.16. The normalized spacial score (nSPS) is 32.7. The second kappa shape index (κ2) is 4.75. The summed E-state index contributed by atoms with van der Waals surface area (Å²) in [6.45, 7) is 4.23. The summed E-state index contributed by atoms with van der Waals surface area (Å²) in [5.41, 5.74) is 0.